The van der Waals surface area contributed by atoms with E-state index >= 15 is 0 Å². The van der Waals surface area contributed by atoms with Crippen LogP contribution in [0.25, 0.3) is 0 Å². The average molecular weight is 198 g/mol. The molecule has 1 fully saturated rings. The number of rotatable bonds is 2. The molecule has 0 aromatic heterocycles. The van der Waals surface area contributed by atoms with Gasteiger partial charge in [0.15, 0.2) is 0 Å². The second kappa shape index (κ2) is 4.81. The summed E-state index contributed by atoms with van der Waals surface area (Å²) in [5.74, 6) is 1.76. The van der Waals surface area contributed by atoms with Crippen LogP contribution in [0, 0.1) is 17.8 Å². The summed E-state index contributed by atoms with van der Waals surface area (Å²) in [5.41, 5.74) is 0. The van der Waals surface area contributed by atoms with Gasteiger partial charge in [0.25, 0.3) is 0 Å². The first-order valence-corrected chi connectivity index (χ1v) is 5.68. The molecule has 0 radical (unpaired) electrons. The molecule has 0 aliphatic heterocycles. The van der Waals surface area contributed by atoms with Crippen molar-refractivity contribution in [1.29, 1.82) is 0 Å². The molecule has 0 spiro atoms. The summed E-state index contributed by atoms with van der Waals surface area (Å²) in [4.78, 5) is 11.0. The predicted octanol–water partition coefficient (Wildman–Crippen LogP) is 3.01. The van der Waals surface area contributed by atoms with E-state index in [0.717, 1.165) is 6.42 Å². The van der Waals surface area contributed by atoms with E-state index in [1.807, 2.05) is 0 Å². The van der Waals surface area contributed by atoms with Crippen molar-refractivity contribution >= 4 is 5.97 Å². The highest BCUT2D eigenvalue weighted by molar-refractivity contribution is 5.66. The van der Waals surface area contributed by atoms with Gasteiger partial charge in [-0.2, -0.15) is 0 Å². The van der Waals surface area contributed by atoms with Crippen molar-refractivity contribution in [3.63, 3.8) is 0 Å². The Kier molecular flexibility index (Phi) is 3.97. The highest BCUT2D eigenvalue weighted by atomic mass is 16.5. The molecule has 0 heterocycles. The van der Waals surface area contributed by atoms with Crippen LogP contribution >= 0.6 is 0 Å². The summed E-state index contributed by atoms with van der Waals surface area (Å²) < 4.78 is 5.40. The fourth-order valence-electron chi connectivity index (χ4n) is 2.46. The normalized spacial score (nSPS) is 33.1. The van der Waals surface area contributed by atoms with Gasteiger partial charge in [0.2, 0.25) is 0 Å². The highest BCUT2D eigenvalue weighted by Gasteiger charge is 2.32. The molecule has 2 heteroatoms. The van der Waals surface area contributed by atoms with Gasteiger partial charge in [-0.15, -0.1) is 0 Å². The quantitative estimate of drug-likeness (QED) is 0.637. The van der Waals surface area contributed by atoms with Crippen LogP contribution in [0.15, 0.2) is 0 Å². The van der Waals surface area contributed by atoms with Crippen molar-refractivity contribution in [2.75, 3.05) is 0 Å². The third-order valence-electron chi connectivity index (χ3n) is 3.28. The Morgan fingerprint density at radius 1 is 1.36 bits per heavy atom. The van der Waals surface area contributed by atoms with E-state index in [2.05, 4.69) is 20.8 Å². The standard InChI is InChI=1S/C12H22O2/c1-8(2)11-6-5-9(3)7-12(11)14-10(4)13/h8-9,11-12H,5-7H2,1-4H3/t9-,11+,12?/m0/s1. The molecular weight excluding hydrogens is 176 g/mol. The number of ether oxygens (including phenoxy) is 1. The molecule has 0 N–H and O–H groups in total. The molecule has 14 heavy (non-hydrogen) atoms. The SMILES string of the molecule is CC(=O)OC1C[C@@H](C)CC[C@@H]1C(C)C. The lowest BCUT2D eigenvalue weighted by Gasteiger charge is -2.36. The van der Waals surface area contributed by atoms with Gasteiger partial charge in [0, 0.05) is 6.92 Å². The molecular formula is C12H22O2. The monoisotopic (exact) mass is 198 g/mol. The Balaban J connectivity index is 2.58. The van der Waals surface area contributed by atoms with Crippen LogP contribution in [0.4, 0.5) is 0 Å². The van der Waals surface area contributed by atoms with Gasteiger partial charge in [-0.3, -0.25) is 4.79 Å². The van der Waals surface area contributed by atoms with Gasteiger partial charge in [-0.25, -0.2) is 0 Å². The molecule has 1 rings (SSSR count). The number of hydrogen-bond donors (Lipinski definition) is 0. The van der Waals surface area contributed by atoms with E-state index in [1.54, 1.807) is 0 Å². The Hall–Kier alpha value is -0.530. The molecule has 3 atom stereocenters. The van der Waals surface area contributed by atoms with Gasteiger partial charge in [0.05, 0.1) is 0 Å². The number of esters is 1. The van der Waals surface area contributed by atoms with Gasteiger partial charge < -0.3 is 4.74 Å². The maximum atomic E-state index is 11.0. The van der Waals surface area contributed by atoms with Gasteiger partial charge >= 0.3 is 5.97 Å². The Morgan fingerprint density at radius 3 is 2.50 bits per heavy atom. The first-order chi connectivity index (χ1) is 6.50. The molecule has 1 aliphatic rings. The third kappa shape index (κ3) is 3.00. The van der Waals surface area contributed by atoms with Gasteiger partial charge in [-0.05, 0) is 30.6 Å². The van der Waals surface area contributed by atoms with Crippen molar-refractivity contribution in [2.24, 2.45) is 17.8 Å². The first kappa shape index (κ1) is 11.5. The molecule has 0 bridgehead atoms. The lowest BCUT2D eigenvalue weighted by Crippen LogP contribution is -2.35. The van der Waals surface area contributed by atoms with Crippen LogP contribution in [0.2, 0.25) is 0 Å². The van der Waals surface area contributed by atoms with Crippen LogP contribution in [-0.2, 0) is 9.53 Å². The smallest absolute Gasteiger partial charge is 0.302 e. The van der Waals surface area contributed by atoms with E-state index in [-0.39, 0.29) is 12.1 Å². The number of hydrogen-bond acceptors (Lipinski definition) is 2. The summed E-state index contributed by atoms with van der Waals surface area (Å²) >= 11 is 0. The Morgan fingerprint density at radius 2 is 2.00 bits per heavy atom. The molecule has 82 valence electrons. The van der Waals surface area contributed by atoms with Crippen LogP contribution in [0.3, 0.4) is 0 Å². The topological polar surface area (TPSA) is 26.3 Å². The van der Waals surface area contributed by atoms with Crippen molar-refractivity contribution in [3.05, 3.63) is 0 Å². The molecule has 0 saturated heterocycles. The Bertz CT molecular complexity index is 198. The van der Waals surface area contributed by atoms with Gasteiger partial charge in [-0.1, -0.05) is 27.2 Å². The van der Waals surface area contributed by atoms with Crippen molar-refractivity contribution in [1.82, 2.24) is 0 Å². The van der Waals surface area contributed by atoms with Crippen LogP contribution in [0.5, 0.6) is 0 Å². The summed E-state index contributed by atoms with van der Waals surface area (Å²) in [6, 6.07) is 0. The zero-order valence-corrected chi connectivity index (χ0v) is 9.75. The molecule has 0 amide bonds. The first-order valence-electron chi connectivity index (χ1n) is 5.68. The lowest BCUT2D eigenvalue weighted by molar-refractivity contribution is -0.153. The van der Waals surface area contributed by atoms with Crippen LogP contribution in [-0.4, -0.2) is 12.1 Å². The van der Waals surface area contributed by atoms with Crippen molar-refractivity contribution in [2.45, 2.75) is 53.1 Å². The molecule has 1 unspecified atom stereocenters. The molecule has 1 saturated carbocycles. The third-order valence-corrected chi connectivity index (χ3v) is 3.28. The summed E-state index contributed by atoms with van der Waals surface area (Å²) in [5, 5.41) is 0. The summed E-state index contributed by atoms with van der Waals surface area (Å²) in [6.45, 7) is 8.19. The highest BCUT2D eigenvalue weighted by Crippen LogP contribution is 2.35. The fourth-order valence-corrected chi connectivity index (χ4v) is 2.46. The summed E-state index contributed by atoms with van der Waals surface area (Å²) in [6.07, 6.45) is 3.69. The maximum Gasteiger partial charge on any atom is 0.302 e. The summed E-state index contributed by atoms with van der Waals surface area (Å²) in [7, 11) is 0. The number of carbonyl (C=O) groups is 1. The largest absolute Gasteiger partial charge is 0.462 e. The molecule has 0 aromatic rings. The molecule has 0 aromatic carbocycles. The van der Waals surface area contributed by atoms with Gasteiger partial charge in [0.1, 0.15) is 6.10 Å². The van der Waals surface area contributed by atoms with Crippen LogP contribution < -0.4 is 0 Å². The molecule has 2 nitrogen and oxygen atoms in total. The second-order valence-electron chi connectivity index (χ2n) is 4.97. The van der Waals surface area contributed by atoms with Crippen LogP contribution in [0.1, 0.15) is 47.0 Å². The minimum absolute atomic E-state index is 0.130. The van der Waals surface area contributed by atoms with E-state index < -0.39 is 0 Å². The lowest BCUT2D eigenvalue weighted by atomic mass is 9.75. The minimum Gasteiger partial charge on any atom is -0.462 e. The fraction of sp³-hybridized carbons (Fsp3) is 0.917. The van der Waals surface area contributed by atoms with Crippen molar-refractivity contribution < 1.29 is 9.53 Å². The van der Waals surface area contributed by atoms with E-state index in [0.29, 0.717) is 17.8 Å². The average Bonchev–Trinajstić information content (AvgIpc) is 2.01. The second-order valence-corrected chi connectivity index (χ2v) is 4.97. The zero-order chi connectivity index (χ0) is 10.7. The zero-order valence-electron chi connectivity index (χ0n) is 9.75. The van der Waals surface area contributed by atoms with Crippen molar-refractivity contribution in [3.8, 4) is 0 Å². The van der Waals surface area contributed by atoms with E-state index in [4.69, 9.17) is 4.74 Å². The Labute approximate surface area is 87.0 Å². The van der Waals surface area contributed by atoms with E-state index in [9.17, 15) is 4.79 Å². The minimum atomic E-state index is -0.130. The number of carbonyl (C=O) groups excluding carboxylic acids is 1. The maximum absolute atomic E-state index is 11.0. The molecule has 1 aliphatic carbocycles. The van der Waals surface area contributed by atoms with E-state index in [1.165, 1.54) is 19.8 Å². The predicted molar refractivity (Wildman–Crippen MR) is 56.9 cm³/mol.